The predicted molar refractivity (Wildman–Crippen MR) is 50.0 cm³/mol. The monoisotopic (exact) mass is 176 g/mol. The minimum absolute atomic E-state index is 0.309. The first-order valence-electron chi connectivity index (χ1n) is 4.56. The van der Waals surface area contributed by atoms with E-state index in [1.165, 1.54) is 0 Å². The number of ether oxygens (including phenoxy) is 1. The molecule has 0 fully saturated rings. The van der Waals surface area contributed by atoms with Gasteiger partial charge in [-0.25, -0.2) is 0 Å². The Morgan fingerprint density at radius 3 is 2.85 bits per heavy atom. The van der Waals surface area contributed by atoms with Gasteiger partial charge in [-0.2, -0.15) is 0 Å². The number of Topliss-reactive ketones (excluding diaryl/α,β-unsaturated/α-hetero) is 1. The Morgan fingerprint density at radius 1 is 1.31 bits per heavy atom. The first-order chi connectivity index (χ1) is 6.29. The summed E-state index contributed by atoms with van der Waals surface area (Å²) in [5.41, 5.74) is 2.30. The van der Waals surface area contributed by atoms with Gasteiger partial charge in [-0.1, -0.05) is 6.07 Å². The smallest absolute Gasteiger partial charge is 0.141 e. The number of carbonyl (C=O) groups is 1. The Labute approximate surface area is 77.5 Å². The number of carbonyl (C=O) groups excluding carboxylic acids is 1. The van der Waals surface area contributed by atoms with Crippen molar-refractivity contribution in [2.75, 3.05) is 6.61 Å². The van der Waals surface area contributed by atoms with Crippen LogP contribution in [0.1, 0.15) is 18.1 Å². The molecule has 1 aliphatic carbocycles. The zero-order valence-corrected chi connectivity index (χ0v) is 7.67. The van der Waals surface area contributed by atoms with Gasteiger partial charge in [0.15, 0.2) is 0 Å². The highest BCUT2D eigenvalue weighted by Gasteiger charge is 2.18. The maximum atomic E-state index is 11.1. The van der Waals surface area contributed by atoms with Crippen LogP contribution in [0.15, 0.2) is 18.2 Å². The van der Waals surface area contributed by atoms with Crippen molar-refractivity contribution in [1.82, 2.24) is 0 Å². The van der Waals surface area contributed by atoms with Gasteiger partial charge in [0.1, 0.15) is 11.5 Å². The second-order valence-electron chi connectivity index (χ2n) is 3.26. The fourth-order valence-electron chi connectivity index (χ4n) is 1.68. The topological polar surface area (TPSA) is 26.3 Å². The van der Waals surface area contributed by atoms with Gasteiger partial charge >= 0.3 is 0 Å². The van der Waals surface area contributed by atoms with Crippen molar-refractivity contribution in [3.8, 4) is 5.75 Å². The summed E-state index contributed by atoms with van der Waals surface area (Å²) < 4.78 is 5.36. The van der Waals surface area contributed by atoms with Crippen LogP contribution in [0.25, 0.3) is 0 Å². The van der Waals surface area contributed by atoms with E-state index in [0.717, 1.165) is 16.9 Å². The average Bonchev–Trinajstić information content (AvgIpc) is 2.44. The molecule has 0 aromatic heterocycles. The summed E-state index contributed by atoms with van der Waals surface area (Å²) in [5.74, 6) is 1.18. The van der Waals surface area contributed by atoms with Gasteiger partial charge < -0.3 is 4.74 Å². The molecule has 0 heterocycles. The number of ketones is 1. The Hall–Kier alpha value is -1.31. The molecular weight excluding hydrogens is 164 g/mol. The summed E-state index contributed by atoms with van der Waals surface area (Å²) in [6, 6.07) is 5.90. The highest BCUT2D eigenvalue weighted by Crippen LogP contribution is 2.24. The van der Waals surface area contributed by atoms with E-state index >= 15 is 0 Å². The summed E-state index contributed by atoms with van der Waals surface area (Å²) >= 11 is 0. The minimum atomic E-state index is 0.309. The molecule has 0 N–H and O–H groups in total. The van der Waals surface area contributed by atoms with E-state index < -0.39 is 0 Å². The van der Waals surface area contributed by atoms with Gasteiger partial charge in [0.2, 0.25) is 0 Å². The number of fused-ring (bicyclic) bond motifs is 1. The first-order valence-corrected chi connectivity index (χ1v) is 4.56. The third kappa shape index (κ3) is 1.57. The van der Waals surface area contributed by atoms with Crippen molar-refractivity contribution in [2.24, 2.45) is 0 Å². The molecule has 0 saturated carbocycles. The van der Waals surface area contributed by atoms with Gasteiger partial charge in [0.25, 0.3) is 0 Å². The lowest BCUT2D eigenvalue weighted by molar-refractivity contribution is -0.117. The molecule has 0 unspecified atom stereocenters. The molecule has 0 radical (unpaired) electrons. The highest BCUT2D eigenvalue weighted by molar-refractivity contribution is 5.88. The lowest BCUT2D eigenvalue weighted by Crippen LogP contribution is -1.93. The Balaban J connectivity index is 2.29. The fourth-order valence-corrected chi connectivity index (χ4v) is 1.68. The molecule has 68 valence electrons. The van der Waals surface area contributed by atoms with E-state index in [4.69, 9.17) is 4.74 Å². The fraction of sp³-hybridized carbons (Fsp3) is 0.364. The van der Waals surface area contributed by atoms with Crippen LogP contribution in [0, 0.1) is 0 Å². The molecule has 2 nitrogen and oxygen atoms in total. The highest BCUT2D eigenvalue weighted by atomic mass is 16.5. The number of rotatable bonds is 2. The molecule has 1 aromatic rings. The van der Waals surface area contributed by atoms with Gasteiger partial charge in [0.05, 0.1) is 6.61 Å². The maximum Gasteiger partial charge on any atom is 0.141 e. The molecule has 0 spiro atoms. The molecule has 0 bridgehead atoms. The molecule has 0 atom stereocenters. The van der Waals surface area contributed by atoms with E-state index in [0.29, 0.717) is 25.2 Å². The lowest BCUT2D eigenvalue weighted by atomic mass is 10.1. The molecule has 1 aromatic carbocycles. The minimum Gasteiger partial charge on any atom is -0.494 e. The van der Waals surface area contributed by atoms with E-state index in [1.807, 2.05) is 25.1 Å². The molecular formula is C11H12O2. The van der Waals surface area contributed by atoms with Crippen molar-refractivity contribution in [3.63, 3.8) is 0 Å². The number of hydrogen-bond donors (Lipinski definition) is 0. The summed E-state index contributed by atoms with van der Waals surface area (Å²) in [6.45, 7) is 2.63. The third-order valence-electron chi connectivity index (χ3n) is 2.26. The molecule has 1 aliphatic rings. The number of hydrogen-bond acceptors (Lipinski definition) is 2. The van der Waals surface area contributed by atoms with Crippen molar-refractivity contribution >= 4 is 5.78 Å². The lowest BCUT2D eigenvalue weighted by Gasteiger charge is -2.04. The largest absolute Gasteiger partial charge is 0.494 e. The summed E-state index contributed by atoms with van der Waals surface area (Å²) in [4.78, 5) is 11.1. The van der Waals surface area contributed by atoms with Gasteiger partial charge in [-0.15, -0.1) is 0 Å². The molecule has 2 rings (SSSR count). The van der Waals surface area contributed by atoms with E-state index in [2.05, 4.69) is 0 Å². The summed E-state index contributed by atoms with van der Waals surface area (Å²) in [7, 11) is 0. The van der Waals surface area contributed by atoms with Gasteiger partial charge in [-0.05, 0) is 30.2 Å². The molecule has 0 aliphatic heterocycles. The van der Waals surface area contributed by atoms with Crippen LogP contribution in [0.4, 0.5) is 0 Å². The summed E-state index contributed by atoms with van der Waals surface area (Å²) in [5, 5.41) is 0. The normalized spacial score (nSPS) is 14.4. The van der Waals surface area contributed by atoms with Gasteiger partial charge in [-0.3, -0.25) is 4.79 Å². The van der Waals surface area contributed by atoms with Crippen LogP contribution in [0.3, 0.4) is 0 Å². The molecule has 0 amide bonds. The van der Waals surface area contributed by atoms with Crippen LogP contribution in [-0.4, -0.2) is 12.4 Å². The molecule has 0 saturated heterocycles. The maximum absolute atomic E-state index is 11.1. The SMILES string of the molecule is CCOc1ccc2c(c1)CC(=O)C2. The zero-order valence-electron chi connectivity index (χ0n) is 7.67. The van der Waals surface area contributed by atoms with Gasteiger partial charge in [0, 0.05) is 12.8 Å². The first kappa shape index (κ1) is 8.30. The molecule has 2 heteroatoms. The van der Waals surface area contributed by atoms with Crippen LogP contribution >= 0.6 is 0 Å². The van der Waals surface area contributed by atoms with E-state index in [1.54, 1.807) is 0 Å². The zero-order chi connectivity index (χ0) is 9.26. The van der Waals surface area contributed by atoms with Crippen molar-refractivity contribution in [3.05, 3.63) is 29.3 Å². The Morgan fingerprint density at radius 2 is 2.08 bits per heavy atom. The van der Waals surface area contributed by atoms with Crippen molar-refractivity contribution in [1.29, 1.82) is 0 Å². The van der Waals surface area contributed by atoms with Crippen molar-refractivity contribution < 1.29 is 9.53 Å². The van der Waals surface area contributed by atoms with Crippen LogP contribution in [0.5, 0.6) is 5.75 Å². The van der Waals surface area contributed by atoms with Crippen LogP contribution < -0.4 is 4.74 Å². The average molecular weight is 176 g/mol. The quantitative estimate of drug-likeness (QED) is 0.686. The van der Waals surface area contributed by atoms with Crippen LogP contribution in [0.2, 0.25) is 0 Å². The second kappa shape index (κ2) is 3.21. The van der Waals surface area contributed by atoms with E-state index in [-0.39, 0.29) is 0 Å². The van der Waals surface area contributed by atoms with Crippen LogP contribution in [-0.2, 0) is 17.6 Å². The second-order valence-corrected chi connectivity index (χ2v) is 3.26. The van der Waals surface area contributed by atoms with E-state index in [9.17, 15) is 4.79 Å². The van der Waals surface area contributed by atoms with Crippen molar-refractivity contribution in [2.45, 2.75) is 19.8 Å². The summed E-state index contributed by atoms with van der Waals surface area (Å²) in [6.07, 6.45) is 1.18. The standard InChI is InChI=1S/C11H12O2/c1-2-13-11-4-3-8-5-10(12)6-9(8)7-11/h3-4,7H,2,5-6H2,1H3. The number of benzene rings is 1. The predicted octanol–water partition coefficient (Wildman–Crippen LogP) is 1.75. The Kier molecular flexibility index (Phi) is 2.05. The Bertz CT molecular complexity index is 342. The molecule has 13 heavy (non-hydrogen) atoms. The third-order valence-corrected chi connectivity index (χ3v) is 2.26.